The molecule has 0 saturated carbocycles. The Balaban J connectivity index is 2.52. The third-order valence-corrected chi connectivity index (χ3v) is 2.51. The van der Waals surface area contributed by atoms with Crippen molar-refractivity contribution in [3.05, 3.63) is 29.8 Å². The second kappa shape index (κ2) is 6.98. The third kappa shape index (κ3) is 4.35. The van der Waals surface area contributed by atoms with Gasteiger partial charge in [0.25, 0.3) is 5.91 Å². The maximum atomic E-state index is 11.7. The maximum absolute atomic E-state index is 11.7. The summed E-state index contributed by atoms with van der Waals surface area (Å²) < 4.78 is 5.44. The number of carbonyl (C=O) groups excluding carboxylic acids is 1. The van der Waals surface area contributed by atoms with E-state index >= 15 is 0 Å². The molecule has 1 aromatic carbocycles. The standard InChI is InChI=1S/C13H20N2O3/c1-10(16)8-15(2)13(17)9-18-12-6-4-3-5-11(12)7-14/h3-6,10,16H,7-9,14H2,1-2H3. The van der Waals surface area contributed by atoms with Crippen molar-refractivity contribution in [3.63, 3.8) is 0 Å². The second-order valence-electron chi connectivity index (χ2n) is 4.22. The molecule has 1 aromatic rings. The van der Waals surface area contributed by atoms with Gasteiger partial charge in [-0.05, 0) is 13.0 Å². The number of nitrogens with two attached hydrogens (primary N) is 1. The van der Waals surface area contributed by atoms with E-state index < -0.39 is 6.10 Å². The average Bonchev–Trinajstić information content (AvgIpc) is 2.35. The van der Waals surface area contributed by atoms with Gasteiger partial charge in [0.1, 0.15) is 5.75 Å². The number of aliphatic hydroxyl groups excluding tert-OH is 1. The average molecular weight is 252 g/mol. The highest BCUT2D eigenvalue weighted by Crippen LogP contribution is 2.16. The Morgan fingerprint density at radius 3 is 2.78 bits per heavy atom. The molecule has 0 radical (unpaired) electrons. The Morgan fingerprint density at radius 1 is 1.50 bits per heavy atom. The van der Waals surface area contributed by atoms with Crippen LogP contribution >= 0.6 is 0 Å². The van der Waals surface area contributed by atoms with E-state index in [-0.39, 0.29) is 12.5 Å². The number of hydrogen-bond donors (Lipinski definition) is 2. The first-order valence-electron chi connectivity index (χ1n) is 5.87. The summed E-state index contributed by atoms with van der Waals surface area (Å²) in [6.45, 7) is 2.24. The van der Waals surface area contributed by atoms with Gasteiger partial charge in [0.2, 0.25) is 0 Å². The fraction of sp³-hybridized carbons (Fsp3) is 0.462. The van der Waals surface area contributed by atoms with Gasteiger partial charge in [-0.1, -0.05) is 18.2 Å². The van der Waals surface area contributed by atoms with Gasteiger partial charge >= 0.3 is 0 Å². The molecular weight excluding hydrogens is 232 g/mol. The molecule has 0 saturated heterocycles. The van der Waals surface area contributed by atoms with Crippen LogP contribution in [0.25, 0.3) is 0 Å². The monoisotopic (exact) mass is 252 g/mol. The summed E-state index contributed by atoms with van der Waals surface area (Å²) in [5, 5.41) is 9.19. The molecule has 0 bridgehead atoms. The van der Waals surface area contributed by atoms with Crippen LogP contribution in [0.4, 0.5) is 0 Å². The van der Waals surface area contributed by atoms with E-state index in [0.29, 0.717) is 18.8 Å². The molecular formula is C13H20N2O3. The van der Waals surface area contributed by atoms with Gasteiger partial charge in [0.15, 0.2) is 6.61 Å². The van der Waals surface area contributed by atoms with Crippen molar-refractivity contribution in [1.29, 1.82) is 0 Å². The summed E-state index contributed by atoms with van der Waals surface area (Å²) in [6, 6.07) is 7.35. The van der Waals surface area contributed by atoms with Crippen molar-refractivity contribution in [2.75, 3.05) is 20.2 Å². The number of rotatable bonds is 6. The molecule has 1 atom stereocenters. The van der Waals surface area contributed by atoms with E-state index in [2.05, 4.69) is 0 Å². The number of carbonyl (C=O) groups is 1. The number of para-hydroxylation sites is 1. The van der Waals surface area contributed by atoms with Gasteiger partial charge in [-0.15, -0.1) is 0 Å². The van der Waals surface area contributed by atoms with Gasteiger partial charge < -0.3 is 20.5 Å². The van der Waals surface area contributed by atoms with E-state index in [4.69, 9.17) is 10.5 Å². The summed E-state index contributed by atoms with van der Waals surface area (Å²) in [7, 11) is 1.63. The quantitative estimate of drug-likeness (QED) is 0.766. The van der Waals surface area contributed by atoms with E-state index in [9.17, 15) is 9.90 Å². The van der Waals surface area contributed by atoms with Crippen LogP contribution in [0.5, 0.6) is 5.75 Å². The number of benzene rings is 1. The minimum atomic E-state index is -0.546. The Labute approximate surface area is 107 Å². The SMILES string of the molecule is CC(O)CN(C)C(=O)COc1ccccc1CN. The molecule has 5 heteroatoms. The molecule has 0 fully saturated rings. The zero-order valence-corrected chi connectivity index (χ0v) is 10.8. The van der Waals surface area contributed by atoms with Crippen molar-refractivity contribution >= 4 is 5.91 Å². The molecule has 0 heterocycles. The van der Waals surface area contributed by atoms with Gasteiger partial charge in [-0.25, -0.2) is 0 Å². The van der Waals surface area contributed by atoms with E-state index in [1.54, 1.807) is 20.0 Å². The number of aliphatic hydroxyl groups is 1. The van der Waals surface area contributed by atoms with Crippen molar-refractivity contribution in [2.45, 2.75) is 19.6 Å². The normalized spacial score (nSPS) is 12.0. The minimum Gasteiger partial charge on any atom is -0.483 e. The molecule has 1 unspecified atom stereocenters. The van der Waals surface area contributed by atoms with Crippen LogP contribution in [-0.4, -0.2) is 42.2 Å². The molecule has 3 N–H and O–H groups in total. The number of hydrogen-bond acceptors (Lipinski definition) is 4. The fourth-order valence-electron chi connectivity index (χ4n) is 1.56. The molecule has 0 spiro atoms. The lowest BCUT2D eigenvalue weighted by Crippen LogP contribution is -2.36. The highest BCUT2D eigenvalue weighted by Gasteiger charge is 2.12. The summed E-state index contributed by atoms with van der Waals surface area (Å²) in [5.41, 5.74) is 6.44. The lowest BCUT2D eigenvalue weighted by Gasteiger charge is -2.19. The van der Waals surface area contributed by atoms with Crippen LogP contribution in [0.1, 0.15) is 12.5 Å². The molecule has 0 aromatic heterocycles. The second-order valence-corrected chi connectivity index (χ2v) is 4.22. The first-order chi connectivity index (χ1) is 8.54. The zero-order chi connectivity index (χ0) is 13.5. The predicted octanol–water partition coefficient (Wildman–Crippen LogP) is 0.363. The van der Waals surface area contributed by atoms with E-state index in [1.165, 1.54) is 4.90 Å². The van der Waals surface area contributed by atoms with Crippen molar-refractivity contribution in [3.8, 4) is 5.75 Å². The largest absolute Gasteiger partial charge is 0.483 e. The van der Waals surface area contributed by atoms with Crippen LogP contribution in [0.3, 0.4) is 0 Å². The van der Waals surface area contributed by atoms with Gasteiger partial charge in [-0.3, -0.25) is 4.79 Å². The Kier molecular flexibility index (Phi) is 5.61. The first-order valence-corrected chi connectivity index (χ1v) is 5.87. The number of amides is 1. The zero-order valence-electron chi connectivity index (χ0n) is 10.8. The number of nitrogens with zero attached hydrogens (tertiary/aromatic N) is 1. The minimum absolute atomic E-state index is 0.0553. The van der Waals surface area contributed by atoms with Crippen LogP contribution in [0.15, 0.2) is 24.3 Å². The highest BCUT2D eigenvalue weighted by atomic mass is 16.5. The molecule has 5 nitrogen and oxygen atoms in total. The van der Waals surface area contributed by atoms with Crippen LogP contribution < -0.4 is 10.5 Å². The summed E-state index contributed by atoms with van der Waals surface area (Å²) >= 11 is 0. The lowest BCUT2D eigenvalue weighted by molar-refractivity contribution is -0.133. The predicted molar refractivity (Wildman–Crippen MR) is 69.1 cm³/mol. The number of likely N-dealkylation sites (N-methyl/N-ethyl adjacent to an activating group) is 1. The highest BCUT2D eigenvalue weighted by molar-refractivity contribution is 5.77. The van der Waals surface area contributed by atoms with Gasteiger partial charge in [-0.2, -0.15) is 0 Å². The topological polar surface area (TPSA) is 75.8 Å². The summed E-state index contributed by atoms with van der Waals surface area (Å²) in [6.07, 6.45) is -0.546. The molecule has 1 rings (SSSR count). The third-order valence-electron chi connectivity index (χ3n) is 2.51. The smallest absolute Gasteiger partial charge is 0.260 e. The van der Waals surface area contributed by atoms with Gasteiger partial charge in [0.05, 0.1) is 6.10 Å². The van der Waals surface area contributed by atoms with Crippen LogP contribution in [0, 0.1) is 0 Å². The Hall–Kier alpha value is -1.59. The molecule has 1 amide bonds. The molecule has 0 aliphatic heterocycles. The van der Waals surface area contributed by atoms with Crippen LogP contribution in [0.2, 0.25) is 0 Å². The number of ether oxygens (including phenoxy) is 1. The molecule has 0 aliphatic carbocycles. The molecule has 18 heavy (non-hydrogen) atoms. The van der Waals surface area contributed by atoms with Crippen molar-refractivity contribution in [1.82, 2.24) is 4.90 Å². The first kappa shape index (κ1) is 14.5. The fourth-order valence-corrected chi connectivity index (χ4v) is 1.56. The Bertz CT molecular complexity index is 394. The molecule has 0 aliphatic rings. The van der Waals surface area contributed by atoms with Gasteiger partial charge in [0, 0.05) is 25.7 Å². The molecule has 100 valence electrons. The van der Waals surface area contributed by atoms with Crippen molar-refractivity contribution in [2.24, 2.45) is 5.73 Å². The lowest BCUT2D eigenvalue weighted by atomic mass is 10.2. The van der Waals surface area contributed by atoms with E-state index in [0.717, 1.165) is 5.56 Å². The maximum Gasteiger partial charge on any atom is 0.260 e. The van der Waals surface area contributed by atoms with Crippen molar-refractivity contribution < 1.29 is 14.6 Å². The van der Waals surface area contributed by atoms with E-state index in [1.807, 2.05) is 18.2 Å². The summed E-state index contributed by atoms with van der Waals surface area (Å²) in [5.74, 6) is 0.446. The summed E-state index contributed by atoms with van der Waals surface area (Å²) in [4.78, 5) is 13.2. The Morgan fingerprint density at radius 2 is 2.17 bits per heavy atom. The van der Waals surface area contributed by atoms with Crippen LogP contribution in [-0.2, 0) is 11.3 Å².